The van der Waals surface area contributed by atoms with E-state index in [-0.39, 0.29) is 11.9 Å². The fourth-order valence-corrected chi connectivity index (χ4v) is 4.59. The first-order chi connectivity index (χ1) is 10.1. The van der Waals surface area contributed by atoms with Crippen molar-refractivity contribution >= 4 is 22.4 Å². The smallest absolute Gasteiger partial charge is 0.315 e. The Morgan fingerprint density at radius 1 is 1.38 bits per heavy atom. The Morgan fingerprint density at radius 2 is 2.19 bits per heavy atom. The standard InChI is InChI=1S/C16H24N2O2S/c1-4-20-15(19)11-6-8-13-14(11)18-16(21-13)17-12-7-5-9(2)10(12)3/h9-12H,4-8H2,1-3H3,(H,17,18). The van der Waals surface area contributed by atoms with Crippen molar-refractivity contribution in [3.63, 3.8) is 0 Å². The lowest BCUT2D eigenvalue weighted by Crippen LogP contribution is -2.24. The Labute approximate surface area is 130 Å². The Bertz CT molecular complexity index is 528. The molecule has 3 rings (SSSR count). The van der Waals surface area contributed by atoms with E-state index >= 15 is 0 Å². The number of nitrogens with zero attached hydrogens (tertiary/aromatic N) is 1. The summed E-state index contributed by atoms with van der Waals surface area (Å²) in [5, 5.41) is 4.58. The van der Waals surface area contributed by atoms with Crippen molar-refractivity contribution in [3.05, 3.63) is 10.6 Å². The molecule has 4 unspecified atom stereocenters. The monoisotopic (exact) mass is 308 g/mol. The Kier molecular flexibility index (Phi) is 4.20. The van der Waals surface area contributed by atoms with E-state index in [2.05, 4.69) is 19.2 Å². The summed E-state index contributed by atoms with van der Waals surface area (Å²) < 4.78 is 5.16. The van der Waals surface area contributed by atoms with Gasteiger partial charge in [0.25, 0.3) is 0 Å². The Hall–Kier alpha value is -1.10. The fourth-order valence-electron chi connectivity index (χ4n) is 3.49. The van der Waals surface area contributed by atoms with Crippen molar-refractivity contribution in [3.8, 4) is 0 Å². The van der Waals surface area contributed by atoms with Gasteiger partial charge in [-0.05, 0) is 44.4 Å². The average molecular weight is 308 g/mol. The summed E-state index contributed by atoms with van der Waals surface area (Å²) in [6.07, 6.45) is 4.31. The van der Waals surface area contributed by atoms with Crippen molar-refractivity contribution in [1.82, 2.24) is 4.98 Å². The van der Waals surface area contributed by atoms with Gasteiger partial charge in [0.1, 0.15) is 5.92 Å². The molecule has 1 aromatic rings. The van der Waals surface area contributed by atoms with Crippen LogP contribution >= 0.6 is 11.3 Å². The van der Waals surface area contributed by atoms with Crippen LogP contribution in [0.15, 0.2) is 0 Å². The molecule has 0 spiro atoms. The zero-order chi connectivity index (χ0) is 15.0. The molecule has 0 radical (unpaired) electrons. The van der Waals surface area contributed by atoms with Crippen LogP contribution in [0.1, 0.15) is 56.5 Å². The number of hydrogen-bond acceptors (Lipinski definition) is 5. The summed E-state index contributed by atoms with van der Waals surface area (Å²) in [6, 6.07) is 0.521. The largest absolute Gasteiger partial charge is 0.465 e. The van der Waals surface area contributed by atoms with Gasteiger partial charge < -0.3 is 10.1 Å². The molecule has 0 bridgehead atoms. The molecule has 0 aliphatic heterocycles. The molecule has 2 aliphatic carbocycles. The maximum atomic E-state index is 12.0. The molecule has 0 aromatic carbocycles. The molecule has 0 saturated heterocycles. The quantitative estimate of drug-likeness (QED) is 0.864. The van der Waals surface area contributed by atoms with Crippen LogP contribution in [0.25, 0.3) is 0 Å². The molecule has 21 heavy (non-hydrogen) atoms. The lowest BCUT2D eigenvalue weighted by molar-refractivity contribution is -0.145. The molecule has 0 amide bonds. The van der Waals surface area contributed by atoms with Crippen molar-refractivity contribution in [2.24, 2.45) is 11.8 Å². The number of thiazole rings is 1. The van der Waals surface area contributed by atoms with E-state index in [1.54, 1.807) is 11.3 Å². The molecular formula is C16H24N2O2S. The van der Waals surface area contributed by atoms with Gasteiger partial charge in [-0.15, -0.1) is 11.3 Å². The maximum absolute atomic E-state index is 12.0. The fraction of sp³-hybridized carbons (Fsp3) is 0.750. The van der Waals surface area contributed by atoms with Crippen LogP contribution in [0.2, 0.25) is 0 Å². The average Bonchev–Trinajstić information content (AvgIpc) is 3.09. The van der Waals surface area contributed by atoms with Crippen LogP contribution in [0.3, 0.4) is 0 Å². The summed E-state index contributed by atoms with van der Waals surface area (Å²) >= 11 is 1.72. The predicted molar refractivity (Wildman–Crippen MR) is 84.8 cm³/mol. The summed E-state index contributed by atoms with van der Waals surface area (Å²) in [4.78, 5) is 17.9. The van der Waals surface area contributed by atoms with Crippen molar-refractivity contribution < 1.29 is 9.53 Å². The van der Waals surface area contributed by atoms with Crippen LogP contribution in [0.5, 0.6) is 0 Å². The van der Waals surface area contributed by atoms with E-state index in [1.165, 1.54) is 17.7 Å². The van der Waals surface area contributed by atoms with Crippen LogP contribution in [0.4, 0.5) is 5.13 Å². The van der Waals surface area contributed by atoms with Gasteiger partial charge in [0.15, 0.2) is 5.13 Å². The van der Waals surface area contributed by atoms with Crippen molar-refractivity contribution in [1.29, 1.82) is 0 Å². The highest BCUT2D eigenvalue weighted by molar-refractivity contribution is 7.15. The van der Waals surface area contributed by atoms with Gasteiger partial charge in [-0.3, -0.25) is 4.79 Å². The number of aromatic nitrogens is 1. The van der Waals surface area contributed by atoms with Gasteiger partial charge >= 0.3 is 5.97 Å². The molecule has 1 N–H and O–H groups in total. The van der Waals surface area contributed by atoms with Gasteiger partial charge in [-0.25, -0.2) is 4.98 Å². The second kappa shape index (κ2) is 5.95. The maximum Gasteiger partial charge on any atom is 0.315 e. The number of anilines is 1. The van der Waals surface area contributed by atoms with E-state index < -0.39 is 0 Å². The number of carbonyl (C=O) groups excluding carboxylic acids is 1. The SMILES string of the molecule is CCOC(=O)C1CCc2sc(NC3CCC(C)C3C)nc21. The minimum Gasteiger partial charge on any atom is -0.465 e. The lowest BCUT2D eigenvalue weighted by Gasteiger charge is -2.19. The van der Waals surface area contributed by atoms with Gasteiger partial charge in [-0.1, -0.05) is 13.8 Å². The third kappa shape index (κ3) is 2.80. The van der Waals surface area contributed by atoms with E-state index in [0.717, 1.165) is 29.6 Å². The molecule has 5 heteroatoms. The third-order valence-corrected chi connectivity index (χ3v) is 6.13. The first kappa shape index (κ1) is 14.8. The van der Waals surface area contributed by atoms with Crippen molar-refractivity contribution in [2.75, 3.05) is 11.9 Å². The first-order valence-electron chi connectivity index (χ1n) is 8.03. The summed E-state index contributed by atoms with van der Waals surface area (Å²) in [7, 11) is 0. The highest BCUT2D eigenvalue weighted by Gasteiger charge is 2.35. The van der Waals surface area contributed by atoms with E-state index in [9.17, 15) is 4.79 Å². The van der Waals surface area contributed by atoms with Gasteiger partial charge in [-0.2, -0.15) is 0 Å². The number of aryl methyl sites for hydroxylation is 1. The van der Waals surface area contributed by atoms with E-state index in [0.29, 0.717) is 18.6 Å². The number of carbonyl (C=O) groups is 1. The van der Waals surface area contributed by atoms with Gasteiger partial charge in [0.2, 0.25) is 0 Å². The second-order valence-electron chi connectivity index (χ2n) is 6.34. The zero-order valence-electron chi connectivity index (χ0n) is 13.0. The minimum absolute atomic E-state index is 0.115. The number of ether oxygens (including phenoxy) is 1. The highest BCUT2D eigenvalue weighted by Crippen LogP contribution is 2.40. The number of rotatable bonds is 4. The topological polar surface area (TPSA) is 51.2 Å². The van der Waals surface area contributed by atoms with E-state index in [4.69, 9.17) is 9.72 Å². The van der Waals surface area contributed by atoms with Crippen LogP contribution < -0.4 is 5.32 Å². The molecule has 1 aromatic heterocycles. The number of esters is 1. The number of fused-ring (bicyclic) bond motifs is 1. The molecular weight excluding hydrogens is 284 g/mol. The van der Waals surface area contributed by atoms with Crippen LogP contribution in [0, 0.1) is 11.8 Å². The highest BCUT2D eigenvalue weighted by atomic mass is 32.1. The molecule has 1 heterocycles. The van der Waals surface area contributed by atoms with E-state index in [1.807, 2.05) is 6.92 Å². The second-order valence-corrected chi connectivity index (χ2v) is 7.42. The molecule has 116 valence electrons. The minimum atomic E-state index is -0.147. The zero-order valence-corrected chi connectivity index (χ0v) is 13.8. The first-order valence-corrected chi connectivity index (χ1v) is 8.84. The molecule has 1 fully saturated rings. The molecule has 2 aliphatic rings. The molecule has 4 atom stereocenters. The lowest BCUT2D eigenvalue weighted by atomic mass is 9.98. The van der Waals surface area contributed by atoms with Crippen molar-refractivity contribution in [2.45, 2.75) is 58.4 Å². The predicted octanol–water partition coefficient (Wildman–Crippen LogP) is 3.58. The summed E-state index contributed by atoms with van der Waals surface area (Å²) in [5.74, 6) is 1.20. The van der Waals surface area contributed by atoms with Crippen LogP contribution in [-0.4, -0.2) is 23.6 Å². The Balaban J connectivity index is 1.70. The van der Waals surface area contributed by atoms with Gasteiger partial charge in [0, 0.05) is 10.9 Å². The summed E-state index contributed by atoms with van der Waals surface area (Å²) in [6.45, 7) is 6.94. The number of hydrogen-bond donors (Lipinski definition) is 1. The number of nitrogens with one attached hydrogen (secondary N) is 1. The van der Waals surface area contributed by atoms with Gasteiger partial charge in [0.05, 0.1) is 12.3 Å². The normalized spacial score (nSPS) is 31.2. The van der Waals surface area contributed by atoms with Crippen LogP contribution in [-0.2, 0) is 16.0 Å². The molecule has 4 nitrogen and oxygen atoms in total. The molecule has 1 saturated carbocycles. The third-order valence-electron chi connectivity index (χ3n) is 5.06. The summed E-state index contributed by atoms with van der Waals surface area (Å²) in [5.41, 5.74) is 0.958. The Morgan fingerprint density at radius 3 is 2.86 bits per heavy atom.